The molecule has 0 aromatic rings. The Kier molecular flexibility index (Phi) is 5.20. The van der Waals surface area contributed by atoms with Crippen molar-refractivity contribution in [2.45, 2.75) is 19.4 Å². The van der Waals surface area contributed by atoms with E-state index in [1.165, 1.54) is 0 Å². The third-order valence-corrected chi connectivity index (χ3v) is 1.08. The maximum Gasteiger partial charge on any atom is 1.00 e. The fourth-order valence-corrected chi connectivity index (χ4v) is 0.144. The van der Waals surface area contributed by atoms with Crippen molar-refractivity contribution in [1.82, 2.24) is 0 Å². The zero-order chi connectivity index (χ0) is 7.65. The summed E-state index contributed by atoms with van der Waals surface area (Å²) in [6.07, 6.45) is 0. The first-order chi connectivity index (χ1) is 3.89. The first kappa shape index (κ1) is 12.7. The summed E-state index contributed by atoms with van der Waals surface area (Å²) in [7, 11) is 0. The van der Waals surface area contributed by atoms with Crippen molar-refractivity contribution in [1.29, 1.82) is 0 Å². The van der Waals surface area contributed by atoms with Gasteiger partial charge >= 0.3 is 29.6 Å². The standard InChI is InChI=1S/C5H8O4.Na/c1-3(6)5(2,9)4(7)8;/h9H,1-2H3,(H,7,8);/q;+1/p-1/t5-;/m0./s1. The predicted octanol–water partition coefficient (Wildman–Crippen LogP) is -4.92. The van der Waals surface area contributed by atoms with Gasteiger partial charge in [0.2, 0.25) is 0 Å². The molecule has 0 aliphatic carbocycles. The van der Waals surface area contributed by atoms with Crippen molar-refractivity contribution < 1.29 is 49.4 Å². The first-order valence-electron chi connectivity index (χ1n) is 2.34. The molecule has 0 aromatic heterocycles. The number of hydrogen-bond acceptors (Lipinski definition) is 4. The molecule has 5 heteroatoms. The third-order valence-electron chi connectivity index (χ3n) is 1.08. The molecule has 1 atom stereocenters. The Bertz CT molecular complexity index is 136. The number of rotatable bonds is 2. The fraction of sp³-hybridized carbons (Fsp3) is 0.600. The number of ketones is 1. The van der Waals surface area contributed by atoms with Crippen LogP contribution in [0.4, 0.5) is 0 Å². The third kappa shape index (κ3) is 2.79. The van der Waals surface area contributed by atoms with Crippen LogP contribution in [0.3, 0.4) is 0 Å². The zero-order valence-electron chi connectivity index (χ0n) is 6.17. The number of carbonyl (C=O) groups is 2. The van der Waals surface area contributed by atoms with Crippen LogP contribution in [0.2, 0.25) is 0 Å². The van der Waals surface area contributed by atoms with Crippen molar-refractivity contribution in [2.24, 2.45) is 0 Å². The Hall–Kier alpha value is 0.100. The van der Waals surface area contributed by atoms with Gasteiger partial charge in [-0.05, 0) is 13.8 Å². The summed E-state index contributed by atoms with van der Waals surface area (Å²) in [4.78, 5) is 20.1. The van der Waals surface area contributed by atoms with Crippen LogP contribution >= 0.6 is 0 Å². The normalized spacial score (nSPS) is 14.7. The molecule has 0 radical (unpaired) electrons. The van der Waals surface area contributed by atoms with Crippen molar-refractivity contribution >= 4 is 11.8 Å². The largest absolute Gasteiger partial charge is 1.00 e. The summed E-state index contributed by atoms with van der Waals surface area (Å²) in [5.74, 6) is -2.60. The molecule has 0 aliphatic rings. The van der Waals surface area contributed by atoms with E-state index in [-0.39, 0.29) is 29.6 Å². The molecule has 0 saturated heterocycles. The quantitative estimate of drug-likeness (QED) is 0.319. The number of Topliss-reactive ketones (excluding diaryl/α,β-unsaturated/α-hetero) is 1. The molecule has 0 amide bonds. The van der Waals surface area contributed by atoms with E-state index < -0.39 is 17.4 Å². The van der Waals surface area contributed by atoms with Gasteiger partial charge in [-0.3, -0.25) is 4.79 Å². The van der Waals surface area contributed by atoms with E-state index in [0.717, 1.165) is 13.8 Å². The van der Waals surface area contributed by atoms with E-state index in [9.17, 15) is 14.7 Å². The molecule has 0 fully saturated rings. The van der Waals surface area contributed by atoms with Gasteiger partial charge in [0.15, 0.2) is 11.4 Å². The molecule has 0 aromatic carbocycles. The minimum atomic E-state index is -2.33. The fourth-order valence-electron chi connectivity index (χ4n) is 0.144. The van der Waals surface area contributed by atoms with Gasteiger partial charge in [0.25, 0.3) is 0 Å². The van der Waals surface area contributed by atoms with Crippen LogP contribution in [-0.2, 0) is 9.59 Å². The van der Waals surface area contributed by atoms with Crippen molar-refractivity contribution in [3.8, 4) is 0 Å². The molecule has 1 N–H and O–H groups in total. The van der Waals surface area contributed by atoms with Gasteiger partial charge in [0, 0.05) is 0 Å². The zero-order valence-corrected chi connectivity index (χ0v) is 8.17. The molecular formula is C5H7NaO4. The number of carboxylic acid groups (broad SMARTS) is 1. The van der Waals surface area contributed by atoms with E-state index >= 15 is 0 Å². The van der Waals surface area contributed by atoms with E-state index in [1.54, 1.807) is 0 Å². The van der Waals surface area contributed by atoms with Crippen LogP contribution in [-0.4, -0.2) is 22.5 Å². The average molecular weight is 154 g/mol. The Morgan fingerprint density at radius 1 is 1.50 bits per heavy atom. The first-order valence-corrected chi connectivity index (χ1v) is 2.34. The van der Waals surface area contributed by atoms with Gasteiger partial charge in [-0.2, -0.15) is 0 Å². The summed E-state index contributed by atoms with van der Waals surface area (Å²) in [6, 6.07) is 0. The van der Waals surface area contributed by atoms with Gasteiger partial charge < -0.3 is 15.0 Å². The number of hydrogen-bond donors (Lipinski definition) is 1. The van der Waals surface area contributed by atoms with Gasteiger partial charge in [-0.25, -0.2) is 0 Å². The molecule has 0 heterocycles. The average Bonchev–Trinajstić information content (AvgIpc) is 1.65. The van der Waals surface area contributed by atoms with Gasteiger partial charge in [0.05, 0.1) is 5.97 Å². The van der Waals surface area contributed by atoms with Crippen molar-refractivity contribution in [2.75, 3.05) is 0 Å². The molecule has 0 saturated carbocycles. The smallest absolute Gasteiger partial charge is 0.547 e. The number of aliphatic carboxylic acids is 1. The molecule has 0 rings (SSSR count). The Morgan fingerprint density at radius 2 is 1.80 bits per heavy atom. The molecule has 0 unspecified atom stereocenters. The topological polar surface area (TPSA) is 77.4 Å². The van der Waals surface area contributed by atoms with E-state index in [2.05, 4.69) is 0 Å². The van der Waals surface area contributed by atoms with E-state index in [0.29, 0.717) is 0 Å². The van der Waals surface area contributed by atoms with Crippen LogP contribution in [0.1, 0.15) is 13.8 Å². The summed E-state index contributed by atoms with van der Waals surface area (Å²) >= 11 is 0. The van der Waals surface area contributed by atoms with Crippen LogP contribution in [0.25, 0.3) is 0 Å². The number of aliphatic hydroxyl groups is 1. The Labute approximate surface area is 80.5 Å². The second kappa shape index (κ2) is 4.08. The Balaban J connectivity index is 0. The van der Waals surface area contributed by atoms with Crippen molar-refractivity contribution in [3.63, 3.8) is 0 Å². The maximum absolute atomic E-state index is 10.2. The molecule has 0 aliphatic heterocycles. The van der Waals surface area contributed by atoms with Crippen molar-refractivity contribution in [3.05, 3.63) is 0 Å². The van der Waals surface area contributed by atoms with E-state index in [1.807, 2.05) is 0 Å². The van der Waals surface area contributed by atoms with Gasteiger partial charge in [-0.1, -0.05) is 0 Å². The summed E-state index contributed by atoms with van der Waals surface area (Å²) in [5, 5.41) is 18.5. The Morgan fingerprint density at radius 3 is 1.80 bits per heavy atom. The second-order valence-electron chi connectivity index (χ2n) is 1.92. The van der Waals surface area contributed by atoms with Gasteiger partial charge in [-0.15, -0.1) is 0 Å². The SMILES string of the molecule is CC(=O)[C@](C)(O)C(=O)[O-].[Na+]. The second-order valence-corrected chi connectivity index (χ2v) is 1.92. The maximum atomic E-state index is 10.2. The number of carboxylic acids is 1. The number of carbonyl (C=O) groups excluding carboxylic acids is 2. The predicted molar refractivity (Wildman–Crippen MR) is 26.3 cm³/mol. The minimum Gasteiger partial charge on any atom is -0.547 e. The molecule has 52 valence electrons. The van der Waals surface area contributed by atoms with E-state index in [4.69, 9.17) is 5.11 Å². The molecule has 4 nitrogen and oxygen atoms in total. The summed E-state index contributed by atoms with van der Waals surface area (Å²) in [5.41, 5.74) is -2.33. The van der Waals surface area contributed by atoms with Crippen LogP contribution in [0.15, 0.2) is 0 Å². The molecule has 0 spiro atoms. The summed E-state index contributed by atoms with van der Waals surface area (Å²) < 4.78 is 0. The summed E-state index contributed by atoms with van der Waals surface area (Å²) in [6.45, 7) is 1.86. The van der Waals surface area contributed by atoms with Crippen LogP contribution < -0.4 is 34.7 Å². The molecule has 10 heavy (non-hydrogen) atoms. The minimum absolute atomic E-state index is 0. The van der Waals surface area contributed by atoms with Crippen LogP contribution in [0, 0.1) is 0 Å². The monoisotopic (exact) mass is 154 g/mol. The van der Waals surface area contributed by atoms with Crippen LogP contribution in [0.5, 0.6) is 0 Å². The molecule has 0 bridgehead atoms. The van der Waals surface area contributed by atoms with Gasteiger partial charge in [0.1, 0.15) is 0 Å². The molecular weight excluding hydrogens is 147 g/mol.